The molecule has 0 aliphatic carbocycles. The summed E-state index contributed by atoms with van der Waals surface area (Å²) in [6.07, 6.45) is 0. The van der Waals surface area contributed by atoms with Gasteiger partial charge in [0, 0.05) is 0 Å². The number of hydrogen-bond donors (Lipinski definition) is 2. The molecule has 0 unspecified atom stereocenters. The first-order chi connectivity index (χ1) is 5.11. The van der Waals surface area contributed by atoms with Crippen LogP contribution in [-0.4, -0.2) is 16.0 Å². The molecule has 4 heteroatoms. The topological polar surface area (TPSA) is 57.5 Å². The minimum Gasteiger partial charge on any atom is -0.508 e. The molecule has 1 rings (SSSR count). The predicted molar refractivity (Wildman–Crippen MR) is 39.8 cm³/mol. The summed E-state index contributed by atoms with van der Waals surface area (Å²) < 4.78 is 0. The molecule has 0 aliphatic rings. The molecule has 0 amide bonds. The molecule has 12 heavy (non-hydrogen) atoms. The largest absolute Gasteiger partial charge is 3.00 e. The van der Waals surface area contributed by atoms with Crippen molar-refractivity contribution in [1.29, 1.82) is 0 Å². The normalized spacial score (nSPS) is 8.75. The van der Waals surface area contributed by atoms with Crippen molar-refractivity contribution in [1.82, 2.24) is 0 Å². The van der Waals surface area contributed by atoms with Crippen molar-refractivity contribution in [2.75, 3.05) is 0 Å². The van der Waals surface area contributed by atoms with E-state index in [1.807, 2.05) is 0 Å². The molecule has 1 aromatic rings. The van der Waals surface area contributed by atoms with Gasteiger partial charge >= 0.3 is 17.4 Å². The van der Waals surface area contributed by atoms with Crippen LogP contribution in [-0.2, 0) is 17.4 Å². The fourth-order valence-corrected chi connectivity index (χ4v) is 0.806. The van der Waals surface area contributed by atoms with E-state index in [2.05, 4.69) is 0 Å². The van der Waals surface area contributed by atoms with Gasteiger partial charge in [-0.25, -0.2) is 0 Å². The molecule has 0 aliphatic heterocycles. The van der Waals surface area contributed by atoms with Crippen molar-refractivity contribution in [2.24, 2.45) is 0 Å². The second-order valence-corrected chi connectivity index (χ2v) is 2.26. The Morgan fingerprint density at radius 1 is 1.33 bits per heavy atom. The molecule has 0 aromatic heterocycles. The first-order valence-electron chi connectivity index (χ1n) is 3.14. The van der Waals surface area contributed by atoms with Gasteiger partial charge in [0.1, 0.15) is 11.5 Å². The maximum absolute atomic E-state index is 10.7. The quantitative estimate of drug-likeness (QED) is 0.535. The number of Topliss-reactive ketones (excluding diaryl/α,β-unsaturated/α-hetero) is 1. The number of aromatic hydroxyl groups is 2. The molecule has 1 radical (unpaired) electrons. The molecule has 0 heterocycles. The van der Waals surface area contributed by atoms with Crippen LogP contribution in [0.15, 0.2) is 18.2 Å². The number of phenolic OH excluding ortho intramolecular Hbond substituents is 2. The zero-order valence-electron chi connectivity index (χ0n) is 6.44. The Kier molecular flexibility index (Phi) is 3.81. The second-order valence-electron chi connectivity index (χ2n) is 2.26. The van der Waals surface area contributed by atoms with Crippen LogP contribution < -0.4 is 0 Å². The summed E-state index contributed by atoms with van der Waals surface area (Å²) in [6, 6.07) is 3.84. The third kappa shape index (κ3) is 2.26. The fourth-order valence-electron chi connectivity index (χ4n) is 0.806. The molecule has 2 N–H and O–H groups in total. The molecule has 3 nitrogen and oxygen atoms in total. The van der Waals surface area contributed by atoms with Crippen molar-refractivity contribution in [3.63, 3.8) is 0 Å². The van der Waals surface area contributed by atoms with Crippen molar-refractivity contribution >= 4 is 5.78 Å². The van der Waals surface area contributed by atoms with Crippen LogP contribution in [0, 0.1) is 0 Å². The molecule has 0 saturated heterocycles. The fraction of sp³-hybridized carbons (Fsp3) is 0.125. The molecular weight excluding hydrogens is 196 g/mol. The molecule has 0 saturated carbocycles. The zero-order chi connectivity index (χ0) is 8.43. The smallest absolute Gasteiger partial charge is 0.508 e. The van der Waals surface area contributed by atoms with E-state index in [-0.39, 0.29) is 40.2 Å². The monoisotopic (exact) mass is 204 g/mol. The third-order valence-corrected chi connectivity index (χ3v) is 1.36. The van der Waals surface area contributed by atoms with E-state index in [0.717, 1.165) is 0 Å². The summed E-state index contributed by atoms with van der Waals surface area (Å²) in [5.74, 6) is -0.387. The van der Waals surface area contributed by atoms with Gasteiger partial charge in [-0.2, -0.15) is 0 Å². The SMILES string of the molecule is CC(=O)c1cc(O)ccc1O.[Cr+3]. The Labute approximate surface area is 80.8 Å². The molecular formula is C8H8CrO3+3. The van der Waals surface area contributed by atoms with E-state index < -0.39 is 0 Å². The van der Waals surface area contributed by atoms with Crippen LogP contribution in [0.5, 0.6) is 11.5 Å². The first kappa shape index (κ1) is 11.0. The summed E-state index contributed by atoms with van der Waals surface area (Å²) in [5.41, 5.74) is 0.144. The second kappa shape index (κ2) is 4.15. The van der Waals surface area contributed by atoms with Gasteiger partial charge < -0.3 is 10.2 Å². The standard InChI is InChI=1S/C8H8O3.Cr/c1-5(9)7-4-6(10)2-3-8(7)11;/h2-4,10-11H,1H3;/q;+3. The number of carbonyl (C=O) groups excluding carboxylic acids is 1. The number of phenols is 2. The minimum atomic E-state index is -0.265. The minimum absolute atomic E-state index is 0. The van der Waals surface area contributed by atoms with Crippen LogP contribution in [0.2, 0.25) is 0 Å². The molecule has 0 bridgehead atoms. The number of rotatable bonds is 1. The Morgan fingerprint density at radius 3 is 2.33 bits per heavy atom. The summed E-state index contributed by atoms with van der Waals surface area (Å²) in [7, 11) is 0. The Bertz CT molecular complexity index is 296. The Hall–Kier alpha value is -0.978. The number of carbonyl (C=O) groups is 1. The number of hydrogen-bond acceptors (Lipinski definition) is 3. The van der Waals surface area contributed by atoms with Crippen LogP contribution >= 0.6 is 0 Å². The average Bonchev–Trinajstić information content (AvgIpc) is 1.94. The molecule has 0 spiro atoms. The number of benzene rings is 1. The van der Waals surface area contributed by atoms with Crippen LogP contribution in [0.4, 0.5) is 0 Å². The molecule has 0 atom stereocenters. The van der Waals surface area contributed by atoms with Gasteiger partial charge in [-0.1, -0.05) is 0 Å². The third-order valence-electron chi connectivity index (χ3n) is 1.36. The Balaban J connectivity index is 0.00000121. The van der Waals surface area contributed by atoms with Crippen molar-refractivity contribution < 1.29 is 32.4 Å². The van der Waals surface area contributed by atoms with Gasteiger partial charge in [0.05, 0.1) is 5.56 Å². The molecule has 0 fully saturated rings. The molecule has 1 aromatic carbocycles. The zero-order valence-corrected chi connectivity index (χ0v) is 7.72. The summed E-state index contributed by atoms with van der Waals surface area (Å²) >= 11 is 0. The van der Waals surface area contributed by atoms with Gasteiger partial charge in [-0.15, -0.1) is 0 Å². The van der Waals surface area contributed by atoms with Crippen LogP contribution in [0.1, 0.15) is 17.3 Å². The van der Waals surface area contributed by atoms with Gasteiger partial charge in [0.25, 0.3) is 0 Å². The van der Waals surface area contributed by atoms with E-state index in [1.54, 1.807) is 0 Å². The van der Waals surface area contributed by atoms with Crippen molar-refractivity contribution in [3.05, 3.63) is 23.8 Å². The van der Waals surface area contributed by atoms with Crippen molar-refractivity contribution in [3.8, 4) is 11.5 Å². The van der Waals surface area contributed by atoms with E-state index in [1.165, 1.54) is 25.1 Å². The van der Waals surface area contributed by atoms with Crippen molar-refractivity contribution in [2.45, 2.75) is 6.92 Å². The van der Waals surface area contributed by atoms with E-state index in [4.69, 9.17) is 10.2 Å². The number of ketones is 1. The molecule has 61 valence electrons. The van der Waals surface area contributed by atoms with Gasteiger partial charge in [-0.05, 0) is 25.1 Å². The van der Waals surface area contributed by atoms with Gasteiger partial charge in [-0.3, -0.25) is 4.79 Å². The van der Waals surface area contributed by atoms with E-state index >= 15 is 0 Å². The van der Waals surface area contributed by atoms with Gasteiger partial charge in [0.2, 0.25) is 0 Å². The summed E-state index contributed by atoms with van der Waals surface area (Å²) in [5, 5.41) is 18.0. The van der Waals surface area contributed by atoms with E-state index in [0.29, 0.717) is 0 Å². The van der Waals surface area contributed by atoms with E-state index in [9.17, 15) is 4.79 Å². The summed E-state index contributed by atoms with van der Waals surface area (Å²) in [4.78, 5) is 10.7. The van der Waals surface area contributed by atoms with Crippen LogP contribution in [0.25, 0.3) is 0 Å². The maximum Gasteiger partial charge on any atom is 3.00 e. The maximum atomic E-state index is 10.7. The first-order valence-corrected chi connectivity index (χ1v) is 3.14. The van der Waals surface area contributed by atoms with Crippen LogP contribution in [0.3, 0.4) is 0 Å². The predicted octanol–water partition coefficient (Wildman–Crippen LogP) is 1.30. The van der Waals surface area contributed by atoms with Gasteiger partial charge in [0.15, 0.2) is 5.78 Å². The average molecular weight is 204 g/mol. The summed E-state index contributed by atoms with van der Waals surface area (Å²) in [6.45, 7) is 1.33. The Morgan fingerprint density at radius 2 is 1.92 bits per heavy atom.